The van der Waals surface area contributed by atoms with Gasteiger partial charge in [0.2, 0.25) is 0 Å². The van der Waals surface area contributed by atoms with Crippen molar-refractivity contribution in [2.24, 2.45) is 11.8 Å². The summed E-state index contributed by atoms with van der Waals surface area (Å²) in [5, 5.41) is 0. The first-order valence-electron chi connectivity index (χ1n) is 13.4. The molecule has 0 aromatic carbocycles. The number of likely N-dealkylation sites (N-methyl/N-ethyl adjacent to an activating group) is 2. The lowest BCUT2D eigenvalue weighted by atomic mass is 9.84. The number of carbonyl (C=O) groups is 6. The summed E-state index contributed by atoms with van der Waals surface area (Å²) >= 11 is 0. The van der Waals surface area contributed by atoms with Crippen LogP contribution >= 0.6 is 0 Å². The molecule has 0 spiro atoms. The number of nitrogens with zero attached hydrogens (tertiary/aromatic N) is 4. The van der Waals surface area contributed by atoms with Crippen LogP contribution in [0.1, 0.15) is 87.5 Å². The Hall–Kier alpha value is -2.78. The molecule has 0 aromatic heterocycles. The maximum atomic E-state index is 12.8. The molecule has 37 heavy (non-hydrogen) atoms. The molecule has 0 saturated carbocycles. The van der Waals surface area contributed by atoms with Gasteiger partial charge in [-0.25, -0.2) is 9.59 Å². The fourth-order valence-electron chi connectivity index (χ4n) is 5.63. The number of hydrogen-bond acceptors (Lipinski definition) is 6. The highest BCUT2D eigenvalue weighted by atomic mass is 16.2. The van der Waals surface area contributed by atoms with Crippen molar-refractivity contribution in [3.05, 3.63) is 0 Å². The fraction of sp³-hybridized carbons (Fsp3) is 0.778. The largest absolute Gasteiger partial charge is 0.327 e. The van der Waals surface area contributed by atoms with E-state index in [1.54, 1.807) is 41.5 Å². The Morgan fingerprint density at radius 1 is 0.703 bits per heavy atom. The van der Waals surface area contributed by atoms with Gasteiger partial charge in [-0.05, 0) is 60.8 Å². The van der Waals surface area contributed by atoms with Gasteiger partial charge in [0.15, 0.2) is 0 Å². The average Bonchev–Trinajstić information content (AvgIpc) is 3.26. The topological polar surface area (TPSA) is 115 Å². The first-order valence-corrected chi connectivity index (χ1v) is 13.4. The predicted molar refractivity (Wildman–Crippen MR) is 139 cm³/mol. The van der Waals surface area contributed by atoms with Crippen LogP contribution in [-0.4, -0.2) is 92.3 Å². The van der Waals surface area contributed by atoms with Crippen molar-refractivity contribution in [3.8, 4) is 0 Å². The lowest BCUT2D eigenvalue weighted by molar-refractivity contribution is -0.131. The Kier molecular flexibility index (Phi) is 9.65. The molecule has 0 N–H and O–H groups in total. The number of ketones is 2. The standard InChI is InChI=1S/C27H44N4O6/c1-9-28-16-22(34)30(24(28)36)26(5,6)14-18(3)20(32)12-11-13-21(33)19(4)15-27(7,8)31-23(35)17-29(10-2)25(31)37/h18-19H,9-17H2,1-8H3. The highest BCUT2D eigenvalue weighted by Crippen LogP contribution is 2.31. The van der Waals surface area contributed by atoms with E-state index in [0.717, 1.165) is 0 Å². The second-order valence-electron chi connectivity index (χ2n) is 11.7. The van der Waals surface area contributed by atoms with Gasteiger partial charge in [-0.2, -0.15) is 0 Å². The zero-order chi connectivity index (χ0) is 28.3. The lowest BCUT2D eigenvalue weighted by Crippen LogP contribution is -2.49. The maximum Gasteiger partial charge on any atom is 0.327 e. The zero-order valence-electron chi connectivity index (χ0n) is 23.8. The lowest BCUT2D eigenvalue weighted by Gasteiger charge is -2.35. The van der Waals surface area contributed by atoms with E-state index in [-0.39, 0.29) is 73.2 Å². The monoisotopic (exact) mass is 520 g/mol. The quantitative estimate of drug-likeness (QED) is 0.324. The minimum Gasteiger partial charge on any atom is -0.315 e. The first-order chi connectivity index (χ1) is 17.1. The van der Waals surface area contributed by atoms with Crippen molar-refractivity contribution < 1.29 is 28.8 Å². The molecule has 0 aliphatic carbocycles. The van der Waals surface area contributed by atoms with Gasteiger partial charge in [0, 0.05) is 48.8 Å². The Morgan fingerprint density at radius 2 is 1.03 bits per heavy atom. The molecule has 2 unspecified atom stereocenters. The van der Waals surface area contributed by atoms with Crippen LogP contribution in [0.2, 0.25) is 0 Å². The van der Waals surface area contributed by atoms with E-state index in [1.165, 1.54) is 19.6 Å². The molecule has 0 radical (unpaired) electrons. The SMILES string of the molecule is CCN1CC(=O)N(C(C)(C)CC(C)C(=O)CCCC(=O)C(C)CC(C)(C)N2C(=O)CN(CC)C2=O)C1=O. The van der Waals surface area contributed by atoms with Gasteiger partial charge < -0.3 is 9.80 Å². The minimum absolute atomic E-state index is 0.00628. The number of urea groups is 2. The van der Waals surface area contributed by atoms with E-state index in [4.69, 9.17) is 0 Å². The van der Waals surface area contributed by atoms with E-state index in [2.05, 4.69) is 0 Å². The third-order valence-electron chi connectivity index (χ3n) is 7.61. The van der Waals surface area contributed by atoms with Gasteiger partial charge >= 0.3 is 12.1 Å². The van der Waals surface area contributed by atoms with Crippen LogP contribution in [0.3, 0.4) is 0 Å². The van der Waals surface area contributed by atoms with E-state index >= 15 is 0 Å². The first kappa shape index (κ1) is 30.4. The average molecular weight is 521 g/mol. The third kappa shape index (κ3) is 6.76. The number of carbonyl (C=O) groups excluding carboxylic acids is 6. The molecule has 2 aliphatic heterocycles. The van der Waals surface area contributed by atoms with Crippen molar-refractivity contribution in [2.75, 3.05) is 26.2 Å². The summed E-state index contributed by atoms with van der Waals surface area (Å²) < 4.78 is 0. The highest BCUT2D eigenvalue weighted by Gasteiger charge is 2.46. The number of Topliss-reactive ketones (excluding diaryl/α,β-unsaturated/α-hetero) is 2. The molecule has 2 atom stereocenters. The van der Waals surface area contributed by atoms with Crippen molar-refractivity contribution in [1.29, 1.82) is 0 Å². The summed E-state index contributed by atoms with van der Waals surface area (Å²) in [6.07, 6.45) is 1.58. The van der Waals surface area contributed by atoms with Gasteiger partial charge in [-0.1, -0.05) is 13.8 Å². The molecule has 0 bridgehead atoms. The van der Waals surface area contributed by atoms with Crippen LogP contribution in [0, 0.1) is 11.8 Å². The summed E-state index contributed by atoms with van der Waals surface area (Å²) in [4.78, 5) is 81.1. The molecule has 2 saturated heterocycles. The number of amides is 6. The Morgan fingerprint density at radius 3 is 1.30 bits per heavy atom. The van der Waals surface area contributed by atoms with Crippen LogP contribution in [0.4, 0.5) is 9.59 Å². The molecule has 10 heteroatoms. The molecule has 2 fully saturated rings. The minimum atomic E-state index is -0.791. The van der Waals surface area contributed by atoms with Gasteiger partial charge in [-0.3, -0.25) is 29.0 Å². The van der Waals surface area contributed by atoms with Crippen LogP contribution in [0.5, 0.6) is 0 Å². The van der Waals surface area contributed by atoms with Gasteiger partial charge in [0.25, 0.3) is 11.8 Å². The van der Waals surface area contributed by atoms with Crippen molar-refractivity contribution in [2.45, 2.75) is 98.6 Å². The second kappa shape index (κ2) is 11.7. The van der Waals surface area contributed by atoms with Crippen LogP contribution in [-0.2, 0) is 19.2 Å². The van der Waals surface area contributed by atoms with Crippen molar-refractivity contribution in [3.63, 3.8) is 0 Å². The second-order valence-corrected chi connectivity index (χ2v) is 11.7. The molecule has 2 rings (SSSR count). The molecule has 2 heterocycles. The maximum absolute atomic E-state index is 12.8. The van der Waals surface area contributed by atoms with Gasteiger partial charge in [0.05, 0.1) is 0 Å². The van der Waals surface area contributed by atoms with Crippen molar-refractivity contribution in [1.82, 2.24) is 19.6 Å². The molecular weight excluding hydrogens is 476 g/mol. The number of imide groups is 2. The normalized spacial score (nSPS) is 18.8. The summed E-state index contributed by atoms with van der Waals surface area (Å²) in [6.45, 7) is 15.5. The van der Waals surface area contributed by atoms with E-state index in [0.29, 0.717) is 32.4 Å². The summed E-state index contributed by atoms with van der Waals surface area (Å²) in [6, 6.07) is -0.640. The molecule has 0 aromatic rings. The Balaban J connectivity index is 1.85. The van der Waals surface area contributed by atoms with E-state index < -0.39 is 11.1 Å². The summed E-state index contributed by atoms with van der Waals surface area (Å²) in [5.74, 6) is -1.25. The van der Waals surface area contributed by atoms with Crippen molar-refractivity contribution >= 4 is 35.4 Å². The van der Waals surface area contributed by atoms with Crippen LogP contribution in [0.15, 0.2) is 0 Å². The molecule has 6 amide bonds. The fourth-order valence-corrected chi connectivity index (χ4v) is 5.63. The zero-order valence-corrected chi connectivity index (χ0v) is 23.8. The third-order valence-corrected chi connectivity index (χ3v) is 7.61. The van der Waals surface area contributed by atoms with Crippen LogP contribution in [0.25, 0.3) is 0 Å². The number of hydrogen-bond donors (Lipinski definition) is 0. The van der Waals surface area contributed by atoms with E-state index in [1.807, 2.05) is 13.8 Å². The summed E-state index contributed by atoms with van der Waals surface area (Å²) in [5.41, 5.74) is -1.58. The Bertz CT molecular complexity index is 869. The van der Waals surface area contributed by atoms with Crippen LogP contribution < -0.4 is 0 Å². The highest BCUT2D eigenvalue weighted by molar-refractivity contribution is 6.03. The van der Waals surface area contributed by atoms with Gasteiger partial charge in [0.1, 0.15) is 24.7 Å². The predicted octanol–water partition coefficient (Wildman–Crippen LogP) is 3.47. The smallest absolute Gasteiger partial charge is 0.315 e. The molecule has 2 aliphatic rings. The van der Waals surface area contributed by atoms with Gasteiger partial charge in [-0.15, -0.1) is 0 Å². The Labute approximate surface area is 220 Å². The summed E-state index contributed by atoms with van der Waals surface area (Å²) in [7, 11) is 0. The number of rotatable bonds is 14. The molecular formula is C27H44N4O6. The molecule has 208 valence electrons. The van der Waals surface area contributed by atoms with E-state index in [9.17, 15) is 28.8 Å². The molecule has 10 nitrogen and oxygen atoms in total.